The Labute approximate surface area is 132 Å². The Morgan fingerprint density at radius 1 is 1.05 bits per heavy atom. The van der Waals surface area contributed by atoms with E-state index in [9.17, 15) is 5.11 Å². The SMILES string of the molecule is OCc1cccnc1NC(c1ccccc1)C1CCCCC1. The summed E-state index contributed by atoms with van der Waals surface area (Å²) in [5.41, 5.74) is 2.17. The van der Waals surface area contributed by atoms with Crippen LogP contribution in [0.1, 0.15) is 49.3 Å². The minimum atomic E-state index is 0.0162. The van der Waals surface area contributed by atoms with Gasteiger partial charge in [-0.2, -0.15) is 0 Å². The number of aliphatic hydroxyl groups is 1. The number of aliphatic hydroxyl groups excluding tert-OH is 1. The fourth-order valence-electron chi connectivity index (χ4n) is 3.44. The topological polar surface area (TPSA) is 45.2 Å². The van der Waals surface area contributed by atoms with Gasteiger partial charge in [-0.05, 0) is 30.4 Å². The molecule has 116 valence electrons. The molecule has 22 heavy (non-hydrogen) atoms. The summed E-state index contributed by atoms with van der Waals surface area (Å²) in [5.74, 6) is 1.44. The predicted octanol–water partition coefficient (Wildman–Crippen LogP) is 4.31. The van der Waals surface area contributed by atoms with Gasteiger partial charge in [-0.25, -0.2) is 4.98 Å². The van der Waals surface area contributed by atoms with Gasteiger partial charge in [0.05, 0.1) is 12.6 Å². The van der Waals surface area contributed by atoms with Crippen LogP contribution in [-0.4, -0.2) is 10.1 Å². The Morgan fingerprint density at radius 2 is 1.82 bits per heavy atom. The molecule has 3 rings (SSSR count). The van der Waals surface area contributed by atoms with Crippen molar-refractivity contribution in [3.05, 3.63) is 59.8 Å². The lowest BCUT2D eigenvalue weighted by molar-refractivity contribution is 0.281. The summed E-state index contributed by atoms with van der Waals surface area (Å²) < 4.78 is 0. The molecular formula is C19H24N2O. The number of aromatic nitrogens is 1. The van der Waals surface area contributed by atoms with Gasteiger partial charge in [0.2, 0.25) is 0 Å². The summed E-state index contributed by atoms with van der Waals surface area (Å²) in [5, 5.41) is 13.1. The number of rotatable bonds is 5. The molecule has 1 aliphatic rings. The Bertz CT molecular complexity index is 579. The Morgan fingerprint density at radius 3 is 2.55 bits per heavy atom. The third-order valence-corrected chi connectivity index (χ3v) is 4.63. The van der Waals surface area contributed by atoms with Crippen LogP contribution in [0, 0.1) is 5.92 Å². The van der Waals surface area contributed by atoms with Crippen LogP contribution in [0.3, 0.4) is 0 Å². The quantitative estimate of drug-likeness (QED) is 0.864. The first kappa shape index (κ1) is 15.0. The minimum absolute atomic E-state index is 0.0162. The summed E-state index contributed by atoms with van der Waals surface area (Å²) in [7, 11) is 0. The zero-order valence-electron chi connectivity index (χ0n) is 12.9. The van der Waals surface area contributed by atoms with Crippen molar-refractivity contribution in [2.75, 3.05) is 5.32 Å². The van der Waals surface area contributed by atoms with E-state index in [4.69, 9.17) is 0 Å². The van der Waals surface area contributed by atoms with E-state index in [1.54, 1.807) is 6.20 Å². The number of anilines is 1. The fourth-order valence-corrected chi connectivity index (χ4v) is 3.44. The van der Waals surface area contributed by atoms with Gasteiger partial charge in [0, 0.05) is 11.8 Å². The highest BCUT2D eigenvalue weighted by Gasteiger charge is 2.25. The van der Waals surface area contributed by atoms with Crippen molar-refractivity contribution in [1.82, 2.24) is 4.98 Å². The van der Waals surface area contributed by atoms with Gasteiger partial charge in [0.25, 0.3) is 0 Å². The smallest absolute Gasteiger partial charge is 0.131 e. The van der Waals surface area contributed by atoms with E-state index in [1.165, 1.54) is 37.7 Å². The van der Waals surface area contributed by atoms with Crippen molar-refractivity contribution in [3.63, 3.8) is 0 Å². The average Bonchev–Trinajstić information content (AvgIpc) is 2.61. The van der Waals surface area contributed by atoms with Crippen LogP contribution >= 0.6 is 0 Å². The summed E-state index contributed by atoms with van der Waals surface area (Å²) in [6, 6.07) is 14.7. The first-order chi connectivity index (χ1) is 10.9. The number of nitrogens with one attached hydrogen (secondary N) is 1. The van der Waals surface area contributed by atoms with Crippen molar-refractivity contribution in [1.29, 1.82) is 0 Å². The Balaban J connectivity index is 1.88. The standard InChI is InChI=1S/C19H24N2O/c22-14-17-12-7-13-20-19(17)21-18(15-8-3-1-4-9-15)16-10-5-2-6-11-16/h1,3-4,7-9,12-13,16,18,22H,2,5-6,10-11,14H2,(H,20,21). The lowest BCUT2D eigenvalue weighted by atomic mass is 9.81. The molecule has 3 nitrogen and oxygen atoms in total. The largest absolute Gasteiger partial charge is 0.392 e. The lowest BCUT2D eigenvalue weighted by Crippen LogP contribution is -2.24. The fraction of sp³-hybridized carbons (Fsp3) is 0.421. The molecule has 2 aromatic rings. The number of hydrogen-bond acceptors (Lipinski definition) is 3. The molecule has 1 fully saturated rings. The number of nitrogens with zero attached hydrogens (tertiary/aromatic N) is 1. The van der Waals surface area contributed by atoms with Crippen LogP contribution < -0.4 is 5.32 Å². The number of benzene rings is 1. The zero-order valence-corrected chi connectivity index (χ0v) is 12.9. The van der Waals surface area contributed by atoms with Gasteiger partial charge in [-0.3, -0.25) is 0 Å². The van der Waals surface area contributed by atoms with Crippen LogP contribution in [0.5, 0.6) is 0 Å². The van der Waals surface area contributed by atoms with Gasteiger partial charge < -0.3 is 10.4 Å². The molecular weight excluding hydrogens is 272 g/mol. The maximum absolute atomic E-state index is 9.53. The first-order valence-corrected chi connectivity index (χ1v) is 8.24. The molecule has 0 radical (unpaired) electrons. The van der Waals surface area contributed by atoms with E-state index in [1.807, 2.05) is 12.1 Å². The molecule has 1 heterocycles. The number of pyridine rings is 1. The molecule has 1 atom stereocenters. The van der Waals surface area contributed by atoms with Gasteiger partial charge in [-0.15, -0.1) is 0 Å². The van der Waals surface area contributed by atoms with Gasteiger partial charge in [-0.1, -0.05) is 55.7 Å². The average molecular weight is 296 g/mol. The summed E-state index contributed by atoms with van der Waals surface area (Å²) in [6.07, 6.45) is 8.27. The zero-order chi connectivity index (χ0) is 15.2. The molecule has 0 bridgehead atoms. The van der Waals surface area contributed by atoms with E-state index in [2.05, 4.69) is 40.6 Å². The van der Waals surface area contributed by atoms with Crippen LogP contribution in [-0.2, 0) is 6.61 Å². The predicted molar refractivity (Wildman–Crippen MR) is 89.5 cm³/mol. The van der Waals surface area contributed by atoms with Crippen LogP contribution in [0.4, 0.5) is 5.82 Å². The summed E-state index contributed by atoms with van der Waals surface area (Å²) in [4.78, 5) is 4.44. The maximum atomic E-state index is 9.53. The van der Waals surface area contributed by atoms with Crippen LogP contribution in [0.2, 0.25) is 0 Å². The number of hydrogen-bond donors (Lipinski definition) is 2. The Kier molecular flexibility index (Phi) is 5.07. The summed E-state index contributed by atoms with van der Waals surface area (Å²) in [6.45, 7) is 0.0162. The van der Waals surface area contributed by atoms with Crippen molar-refractivity contribution in [3.8, 4) is 0 Å². The van der Waals surface area contributed by atoms with Crippen molar-refractivity contribution in [2.45, 2.75) is 44.8 Å². The van der Waals surface area contributed by atoms with Crippen molar-refractivity contribution >= 4 is 5.82 Å². The second-order valence-electron chi connectivity index (χ2n) is 6.10. The van der Waals surface area contributed by atoms with Gasteiger partial charge in [0.15, 0.2) is 0 Å². The molecule has 0 saturated heterocycles. The van der Waals surface area contributed by atoms with E-state index in [0.717, 1.165) is 11.4 Å². The third kappa shape index (κ3) is 3.47. The van der Waals surface area contributed by atoms with E-state index < -0.39 is 0 Å². The molecule has 1 aromatic carbocycles. The molecule has 0 amide bonds. The highest BCUT2D eigenvalue weighted by molar-refractivity contribution is 5.46. The highest BCUT2D eigenvalue weighted by Crippen LogP contribution is 2.36. The lowest BCUT2D eigenvalue weighted by Gasteiger charge is -2.32. The molecule has 1 aromatic heterocycles. The second-order valence-corrected chi connectivity index (χ2v) is 6.10. The van der Waals surface area contributed by atoms with Gasteiger partial charge in [0.1, 0.15) is 5.82 Å². The third-order valence-electron chi connectivity index (χ3n) is 4.63. The molecule has 1 unspecified atom stereocenters. The monoisotopic (exact) mass is 296 g/mol. The molecule has 0 spiro atoms. The second kappa shape index (κ2) is 7.41. The van der Waals surface area contributed by atoms with Crippen molar-refractivity contribution < 1.29 is 5.11 Å². The molecule has 3 heteroatoms. The van der Waals surface area contributed by atoms with Crippen LogP contribution in [0.15, 0.2) is 48.7 Å². The summed E-state index contributed by atoms with van der Waals surface area (Å²) >= 11 is 0. The first-order valence-electron chi connectivity index (χ1n) is 8.24. The van der Waals surface area contributed by atoms with Gasteiger partial charge >= 0.3 is 0 Å². The highest BCUT2D eigenvalue weighted by atomic mass is 16.3. The van der Waals surface area contributed by atoms with E-state index in [-0.39, 0.29) is 12.6 Å². The van der Waals surface area contributed by atoms with Crippen LogP contribution in [0.25, 0.3) is 0 Å². The maximum Gasteiger partial charge on any atom is 0.131 e. The molecule has 0 aliphatic heterocycles. The minimum Gasteiger partial charge on any atom is -0.392 e. The van der Waals surface area contributed by atoms with E-state index in [0.29, 0.717) is 5.92 Å². The normalized spacial score (nSPS) is 17.1. The van der Waals surface area contributed by atoms with Crippen molar-refractivity contribution in [2.24, 2.45) is 5.92 Å². The molecule has 2 N–H and O–H groups in total. The Hall–Kier alpha value is -1.87. The molecule has 1 aliphatic carbocycles. The van der Waals surface area contributed by atoms with E-state index >= 15 is 0 Å². The molecule has 1 saturated carbocycles.